The van der Waals surface area contributed by atoms with E-state index in [4.69, 9.17) is 23.2 Å². The number of alkyl halides is 2. The lowest BCUT2D eigenvalue weighted by Crippen LogP contribution is -2.09. The predicted molar refractivity (Wildman–Crippen MR) is 55.9 cm³/mol. The number of hydrogen-bond donors (Lipinski definition) is 2. The summed E-state index contributed by atoms with van der Waals surface area (Å²) in [5.41, 5.74) is 9.19. The van der Waals surface area contributed by atoms with E-state index in [1.54, 1.807) is 6.92 Å². The van der Waals surface area contributed by atoms with Crippen molar-refractivity contribution in [1.29, 1.82) is 0 Å². The molecule has 0 atom stereocenters. The summed E-state index contributed by atoms with van der Waals surface area (Å²) in [7, 11) is 0. The van der Waals surface area contributed by atoms with Crippen molar-refractivity contribution < 1.29 is 14.4 Å². The van der Waals surface area contributed by atoms with E-state index in [9.17, 15) is 14.4 Å². The molecule has 0 rings (SSSR count). The Balaban J connectivity index is -0.000000138. The molecule has 2 amide bonds. The molecule has 0 aromatic heterocycles. The molecular weight excluding hydrogens is 231 g/mol. The van der Waals surface area contributed by atoms with Crippen molar-refractivity contribution in [3.63, 3.8) is 0 Å². The van der Waals surface area contributed by atoms with Gasteiger partial charge in [-0.1, -0.05) is 6.92 Å². The Kier molecular flexibility index (Phi) is 24.4. The van der Waals surface area contributed by atoms with Crippen LogP contribution in [0.4, 0.5) is 0 Å². The van der Waals surface area contributed by atoms with Gasteiger partial charge in [0.05, 0.1) is 11.8 Å². The number of nitrogens with two attached hydrogens (primary N) is 2. The summed E-state index contributed by atoms with van der Waals surface area (Å²) in [4.78, 5) is 28.5. The zero-order chi connectivity index (χ0) is 12.0. The van der Waals surface area contributed by atoms with Gasteiger partial charge in [0, 0.05) is 6.42 Å². The number of carbonyl (C=O) groups is 3. The summed E-state index contributed by atoms with van der Waals surface area (Å²) in [5, 5.41) is 0.194. The predicted octanol–water partition coefficient (Wildman–Crippen LogP) is 0.364. The van der Waals surface area contributed by atoms with E-state index in [2.05, 4.69) is 11.5 Å². The summed E-state index contributed by atoms with van der Waals surface area (Å²) in [6.45, 7) is 1.72. The Morgan fingerprint density at radius 1 is 1.21 bits per heavy atom. The van der Waals surface area contributed by atoms with Gasteiger partial charge in [-0.3, -0.25) is 9.59 Å². The highest BCUT2D eigenvalue weighted by molar-refractivity contribution is 6.40. The van der Waals surface area contributed by atoms with Gasteiger partial charge in [0.15, 0.2) is 0 Å². The first-order valence-electron chi connectivity index (χ1n) is 3.58. The molecule has 0 saturated heterocycles. The summed E-state index contributed by atoms with van der Waals surface area (Å²) in [6, 6.07) is 0. The van der Waals surface area contributed by atoms with E-state index in [-0.39, 0.29) is 17.7 Å². The lowest BCUT2D eigenvalue weighted by Gasteiger charge is -1.73. The van der Waals surface area contributed by atoms with E-state index >= 15 is 0 Å². The Morgan fingerprint density at radius 3 is 1.50 bits per heavy atom. The van der Waals surface area contributed by atoms with Crippen molar-refractivity contribution in [1.82, 2.24) is 0 Å². The van der Waals surface area contributed by atoms with Crippen molar-refractivity contribution in [3.8, 4) is 0 Å². The fourth-order valence-electron chi connectivity index (χ4n) is 0.0821. The summed E-state index contributed by atoms with van der Waals surface area (Å²) >= 11 is 9.53. The van der Waals surface area contributed by atoms with Crippen LogP contribution in [-0.4, -0.2) is 23.4 Å². The van der Waals surface area contributed by atoms with E-state index in [0.29, 0.717) is 12.7 Å². The molecule has 0 aromatic carbocycles. The zero-order valence-corrected chi connectivity index (χ0v) is 9.35. The van der Waals surface area contributed by atoms with Crippen LogP contribution in [0.25, 0.3) is 0 Å². The van der Waals surface area contributed by atoms with Gasteiger partial charge in [0.25, 0.3) is 0 Å². The molecule has 14 heavy (non-hydrogen) atoms. The van der Waals surface area contributed by atoms with Gasteiger partial charge >= 0.3 is 0 Å². The van der Waals surface area contributed by atoms with Crippen molar-refractivity contribution >= 4 is 41.3 Å². The van der Waals surface area contributed by atoms with E-state index in [1.807, 2.05) is 0 Å². The second-order valence-electron chi connectivity index (χ2n) is 1.76. The van der Waals surface area contributed by atoms with Crippen LogP contribution < -0.4 is 11.5 Å². The number of primary amides is 2. The number of carbonyl (C=O) groups excluding carboxylic acids is 3. The van der Waals surface area contributed by atoms with Gasteiger partial charge in [-0.2, -0.15) is 0 Å². The molecule has 0 aliphatic rings. The number of amides is 2. The molecule has 0 radical (unpaired) electrons. The van der Waals surface area contributed by atoms with Gasteiger partial charge in [-0.05, 0) is 0 Å². The lowest BCUT2D eigenvalue weighted by molar-refractivity contribution is -0.121. The number of rotatable bonds is 3. The average molecular weight is 245 g/mol. The Morgan fingerprint density at radius 2 is 1.50 bits per heavy atom. The van der Waals surface area contributed by atoms with E-state index in [0.717, 1.165) is 0 Å². The maximum Gasteiger partial charge on any atom is 0.224 e. The number of hydrogen-bond acceptors (Lipinski definition) is 3. The first-order valence-corrected chi connectivity index (χ1v) is 4.65. The number of halogens is 2. The molecule has 7 heteroatoms. The summed E-state index contributed by atoms with van der Waals surface area (Å²) < 4.78 is 0. The van der Waals surface area contributed by atoms with Crippen LogP contribution in [0.15, 0.2) is 0 Å². The Labute approximate surface area is 92.7 Å². The fraction of sp³-hybridized carbons (Fsp3) is 0.571. The molecule has 0 bridgehead atoms. The molecule has 0 heterocycles. The minimum atomic E-state index is -0.579. The maximum atomic E-state index is 9.59. The van der Waals surface area contributed by atoms with Crippen LogP contribution in [0.2, 0.25) is 0 Å². The van der Waals surface area contributed by atoms with Crippen molar-refractivity contribution in [3.05, 3.63) is 0 Å². The van der Waals surface area contributed by atoms with Crippen LogP contribution in [0.3, 0.4) is 0 Å². The highest BCUT2D eigenvalue weighted by Gasteiger charge is 1.84. The molecule has 0 aliphatic heterocycles. The smallest absolute Gasteiger partial charge is 0.224 e. The lowest BCUT2D eigenvalue weighted by atomic mass is 10.5. The normalized spacial score (nSPS) is 7.07. The van der Waals surface area contributed by atoms with Crippen LogP contribution in [0, 0.1) is 0 Å². The third-order valence-corrected chi connectivity index (χ3v) is 0.633. The van der Waals surface area contributed by atoms with Crippen LogP contribution in [0.5, 0.6) is 0 Å². The standard InChI is InChI=1S/C3H5NO2.C3H7NO.CH2Cl2/c4-3(6)1-2-5;1-2-3(4)5;2-1-3/h2H,1H2,(H2,4,6);2H2,1H3,(H2,4,5);1H2. The minimum absolute atomic E-state index is 0.167. The van der Waals surface area contributed by atoms with Gasteiger partial charge in [0.1, 0.15) is 6.29 Å². The molecule has 0 aromatic rings. The summed E-state index contributed by atoms with van der Waals surface area (Å²) in [5.74, 6) is -0.824. The third kappa shape index (κ3) is 66.2. The highest BCUT2D eigenvalue weighted by Crippen LogP contribution is 1.73. The second kappa shape index (κ2) is 18.1. The molecule has 84 valence electrons. The quantitative estimate of drug-likeness (QED) is 0.426. The Bertz CT molecular complexity index is 165. The minimum Gasteiger partial charge on any atom is -0.370 e. The van der Waals surface area contributed by atoms with Crippen molar-refractivity contribution in [2.24, 2.45) is 11.5 Å². The molecule has 5 nitrogen and oxygen atoms in total. The van der Waals surface area contributed by atoms with Crippen molar-refractivity contribution in [2.45, 2.75) is 19.8 Å². The van der Waals surface area contributed by atoms with Gasteiger partial charge in [-0.25, -0.2) is 0 Å². The zero-order valence-electron chi connectivity index (χ0n) is 7.83. The van der Waals surface area contributed by atoms with E-state index in [1.165, 1.54) is 0 Å². The van der Waals surface area contributed by atoms with Crippen LogP contribution in [0.1, 0.15) is 19.8 Å². The largest absolute Gasteiger partial charge is 0.370 e. The van der Waals surface area contributed by atoms with Crippen LogP contribution >= 0.6 is 23.2 Å². The molecule has 0 unspecified atom stereocenters. The maximum absolute atomic E-state index is 9.59. The topological polar surface area (TPSA) is 103 Å². The average Bonchev–Trinajstić information content (AvgIpc) is 2.06. The molecule has 0 spiro atoms. The molecule has 0 fully saturated rings. The van der Waals surface area contributed by atoms with Crippen molar-refractivity contribution in [2.75, 3.05) is 5.34 Å². The molecule has 4 N–H and O–H groups in total. The third-order valence-electron chi connectivity index (χ3n) is 0.633. The van der Waals surface area contributed by atoms with Gasteiger partial charge < -0.3 is 16.3 Å². The van der Waals surface area contributed by atoms with Gasteiger partial charge in [0.2, 0.25) is 11.8 Å². The second-order valence-corrected chi connectivity index (χ2v) is 2.57. The first kappa shape index (κ1) is 18.9. The molecule has 0 aliphatic carbocycles. The van der Waals surface area contributed by atoms with Crippen LogP contribution in [-0.2, 0) is 14.4 Å². The SMILES string of the molecule is CCC(N)=O.ClCCl.NC(=O)CC=O. The number of aldehydes is 1. The highest BCUT2D eigenvalue weighted by atomic mass is 35.5. The Hall–Kier alpha value is -0.810. The summed E-state index contributed by atoms with van der Waals surface area (Å²) in [6.07, 6.45) is 0.752. The van der Waals surface area contributed by atoms with E-state index < -0.39 is 5.91 Å². The fourth-order valence-corrected chi connectivity index (χ4v) is 0.0821. The molecule has 0 saturated carbocycles. The molecular formula is C7H14Cl2N2O3. The monoisotopic (exact) mass is 244 g/mol. The van der Waals surface area contributed by atoms with Gasteiger partial charge in [-0.15, -0.1) is 23.2 Å². The first-order chi connectivity index (χ1) is 6.45.